The van der Waals surface area contributed by atoms with Gasteiger partial charge < -0.3 is 14.8 Å². The van der Waals surface area contributed by atoms with Gasteiger partial charge >= 0.3 is 5.97 Å². The largest absolute Gasteiger partial charge is 0.479 e. The molecule has 0 aliphatic heterocycles. The van der Waals surface area contributed by atoms with Gasteiger partial charge in [0, 0.05) is 0 Å². The number of carbonyl (C=O) groups excluding carboxylic acids is 2. The Hall–Kier alpha value is -2.05. The Balaban J connectivity index is 2.05. The van der Waals surface area contributed by atoms with Crippen molar-refractivity contribution in [2.45, 2.75) is 13.0 Å². The zero-order valence-electron chi connectivity index (χ0n) is 12.0. The van der Waals surface area contributed by atoms with Crippen molar-refractivity contribution < 1.29 is 19.1 Å². The highest BCUT2D eigenvalue weighted by Gasteiger charge is 2.20. The van der Waals surface area contributed by atoms with Gasteiger partial charge in [-0.1, -0.05) is 23.7 Å². The van der Waals surface area contributed by atoms with Crippen LogP contribution in [0.5, 0.6) is 5.75 Å². The molecule has 0 saturated carbocycles. The number of para-hydroxylation sites is 1. The number of methoxy groups -OCH3 is 1. The number of halogens is 1. The highest BCUT2D eigenvalue weighted by molar-refractivity contribution is 7.12. The van der Waals surface area contributed by atoms with Gasteiger partial charge in [0.15, 0.2) is 6.10 Å². The van der Waals surface area contributed by atoms with Crippen LogP contribution in [0.1, 0.15) is 16.6 Å². The van der Waals surface area contributed by atoms with Gasteiger partial charge in [0.1, 0.15) is 10.6 Å². The molecule has 0 spiro atoms. The van der Waals surface area contributed by atoms with Gasteiger partial charge in [0.25, 0.3) is 5.91 Å². The number of nitrogens with one attached hydrogen (secondary N) is 1. The maximum Gasteiger partial charge on any atom is 0.350 e. The van der Waals surface area contributed by atoms with E-state index in [0.29, 0.717) is 21.3 Å². The molecule has 7 heteroatoms. The van der Waals surface area contributed by atoms with Crippen molar-refractivity contribution in [1.82, 2.24) is 0 Å². The van der Waals surface area contributed by atoms with Crippen LogP contribution in [0, 0.1) is 0 Å². The number of amides is 1. The molecule has 1 aromatic carbocycles. The number of ether oxygens (including phenoxy) is 2. The standard InChI is InChI=1S/C15H14ClNO4S/c1-9(21-12-6-4-3-5-10(12)16)14(18)17-11-7-8-22-13(11)15(19)20-2/h3-9H,1-2H3,(H,17,18)/t9-/m1/s1. The fraction of sp³-hybridized carbons (Fsp3) is 0.200. The summed E-state index contributed by atoms with van der Waals surface area (Å²) in [5.74, 6) is -0.459. The molecule has 0 aliphatic rings. The molecule has 0 saturated heterocycles. The first kappa shape index (κ1) is 16.3. The summed E-state index contributed by atoms with van der Waals surface area (Å²) in [6.07, 6.45) is -0.773. The Morgan fingerprint density at radius 3 is 2.68 bits per heavy atom. The number of thiophene rings is 1. The van der Waals surface area contributed by atoms with E-state index in [2.05, 4.69) is 10.1 Å². The second-order valence-corrected chi connectivity index (χ2v) is 5.66. The minimum atomic E-state index is -0.773. The predicted octanol–water partition coefficient (Wildman–Crippen LogP) is 3.59. The highest BCUT2D eigenvalue weighted by atomic mass is 35.5. The molecule has 1 N–H and O–H groups in total. The summed E-state index contributed by atoms with van der Waals surface area (Å²) in [6, 6.07) is 8.53. The molecular weight excluding hydrogens is 326 g/mol. The van der Waals surface area contributed by atoms with Crippen LogP contribution in [-0.2, 0) is 9.53 Å². The zero-order valence-corrected chi connectivity index (χ0v) is 13.5. The van der Waals surface area contributed by atoms with Crippen molar-refractivity contribution in [3.8, 4) is 5.75 Å². The normalized spacial score (nSPS) is 11.6. The van der Waals surface area contributed by atoms with Gasteiger partial charge in [0.05, 0.1) is 17.8 Å². The zero-order chi connectivity index (χ0) is 16.1. The van der Waals surface area contributed by atoms with Gasteiger partial charge in [-0.05, 0) is 30.5 Å². The molecule has 22 heavy (non-hydrogen) atoms. The second kappa shape index (κ2) is 7.29. The van der Waals surface area contributed by atoms with E-state index in [9.17, 15) is 9.59 Å². The van der Waals surface area contributed by atoms with E-state index in [1.54, 1.807) is 42.6 Å². The molecule has 1 amide bonds. The molecule has 116 valence electrons. The van der Waals surface area contributed by atoms with Crippen molar-refractivity contribution in [2.75, 3.05) is 12.4 Å². The smallest absolute Gasteiger partial charge is 0.350 e. The predicted molar refractivity (Wildman–Crippen MR) is 85.8 cm³/mol. The molecule has 1 aromatic heterocycles. The maximum atomic E-state index is 12.2. The van der Waals surface area contributed by atoms with Crippen LogP contribution in [0.4, 0.5) is 5.69 Å². The third kappa shape index (κ3) is 3.78. The molecule has 2 rings (SSSR count). The maximum absolute atomic E-state index is 12.2. The Labute approximate surface area is 136 Å². The van der Waals surface area contributed by atoms with Crippen LogP contribution in [-0.4, -0.2) is 25.1 Å². The van der Waals surface area contributed by atoms with Gasteiger partial charge in [-0.3, -0.25) is 4.79 Å². The third-order valence-electron chi connectivity index (χ3n) is 2.80. The van der Waals surface area contributed by atoms with Crippen LogP contribution in [0.25, 0.3) is 0 Å². The highest BCUT2D eigenvalue weighted by Crippen LogP contribution is 2.26. The third-order valence-corrected chi connectivity index (χ3v) is 4.01. The van der Waals surface area contributed by atoms with Crippen LogP contribution in [0.2, 0.25) is 5.02 Å². The van der Waals surface area contributed by atoms with Gasteiger partial charge in [-0.2, -0.15) is 0 Å². The molecule has 5 nitrogen and oxygen atoms in total. The van der Waals surface area contributed by atoms with Gasteiger partial charge in [-0.25, -0.2) is 4.79 Å². The van der Waals surface area contributed by atoms with Crippen LogP contribution in [0.3, 0.4) is 0 Å². The quantitative estimate of drug-likeness (QED) is 0.845. The number of benzene rings is 1. The van der Waals surface area contributed by atoms with E-state index in [0.717, 1.165) is 0 Å². The average Bonchev–Trinajstić information content (AvgIpc) is 2.96. The Morgan fingerprint density at radius 1 is 1.27 bits per heavy atom. The van der Waals surface area contributed by atoms with E-state index in [4.69, 9.17) is 16.3 Å². The van der Waals surface area contributed by atoms with Gasteiger partial charge in [0.2, 0.25) is 0 Å². The summed E-state index contributed by atoms with van der Waals surface area (Å²) < 4.78 is 10.2. The molecule has 1 heterocycles. The summed E-state index contributed by atoms with van der Waals surface area (Å²) in [6.45, 7) is 1.60. The summed E-state index contributed by atoms with van der Waals surface area (Å²) in [4.78, 5) is 24.1. The first-order valence-electron chi connectivity index (χ1n) is 6.40. The summed E-state index contributed by atoms with van der Waals surface area (Å²) in [5.41, 5.74) is 0.399. The van der Waals surface area contributed by atoms with Crippen molar-refractivity contribution in [2.24, 2.45) is 0 Å². The molecule has 2 aromatic rings. The Morgan fingerprint density at radius 2 is 2.00 bits per heavy atom. The molecule has 0 fully saturated rings. The van der Waals surface area contributed by atoms with Gasteiger partial charge in [-0.15, -0.1) is 11.3 Å². The van der Waals surface area contributed by atoms with Crippen LogP contribution < -0.4 is 10.1 Å². The minimum absolute atomic E-state index is 0.334. The Kier molecular flexibility index (Phi) is 5.41. The van der Waals surface area contributed by atoms with E-state index in [1.165, 1.54) is 18.4 Å². The van der Waals surface area contributed by atoms with Crippen molar-refractivity contribution in [3.05, 3.63) is 45.6 Å². The molecule has 1 atom stereocenters. The topological polar surface area (TPSA) is 64.6 Å². The van der Waals surface area contributed by atoms with Crippen molar-refractivity contribution in [1.29, 1.82) is 0 Å². The molecule has 0 bridgehead atoms. The van der Waals surface area contributed by atoms with E-state index >= 15 is 0 Å². The number of hydrogen-bond acceptors (Lipinski definition) is 5. The first-order chi connectivity index (χ1) is 10.5. The number of esters is 1. The number of hydrogen-bond donors (Lipinski definition) is 1. The summed E-state index contributed by atoms with van der Waals surface area (Å²) in [7, 11) is 1.29. The monoisotopic (exact) mass is 339 g/mol. The fourth-order valence-electron chi connectivity index (χ4n) is 1.68. The van der Waals surface area contributed by atoms with E-state index in [1.807, 2.05) is 0 Å². The molecule has 0 aliphatic carbocycles. The lowest BCUT2D eigenvalue weighted by Crippen LogP contribution is -2.30. The van der Waals surface area contributed by atoms with Crippen molar-refractivity contribution >= 4 is 40.5 Å². The lowest BCUT2D eigenvalue weighted by molar-refractivity contribution is -0.122. The number of carbonyl (C=O) groups is 2. The molecule has 0 unspecified atom stereocenters. The van der Waals surface area contributed by atoms with Crippen LogP contribution in [0.15, 0.2) is 35.7 Å². The SMILES string of the molecule is COC(=O)c1sccc1NC(=O)[C@@H](C)Oc1ccccc1Cl. The van der Waals surface area contributed by atoms with Crippen LogP contribution >= 0.6 is 22.9 Å². The first-order valence-corrected chi connectivity index (χ1v) is 7.66. The van der Waals surface area contributed by atoms with Crippen molar-refractivity contribution in [3.63, 3.8) is 0 Å². The number of rotatable bonds is 5. The summed E-state index contributed by atoms with van der Waals surface area (Å²) >= 11 is 7.18. The lowest BCUT2D eigenvalue weighted by Gasteiger charge is -2.15. The second-order valence-electron chi connectivity index (χ2n) is 4.33. The molecular formula is C15H14ClNO4S. The lowest BCUT2D eigenvalue weighted by atomic mass is 10.3. The summed E-state index contributed by atoms with van der Waals surface area (Å²) in [5, 5.41) is 4.77. The minimum Gasteiger partial charge on any atom is -0.479 e. The average molecular weight is 340 g/mol. The number of anilines is 1. The molecule has 0 radical (unpaired) electrons. The van der Waals surface area contributed by atoms with E-state index < -0.39 is 12.1 Å². The fourth-order valence-corrected chi connectivity index (χ4v) is 2.62. The Bertz CT molecular complexity index is 686. The van der Waals surface area contributed by atoms with E-state index in [-0.39, 0.29) is 5.91 Å².